The number of hydrogen-bond acceptors (Lipinski definition) is 7. The molecular weight excluding hydrogens is 530 g/mol. The predicted molar refractivity (Wildman–Crippen MR) is 141 cm³/mol. The molecule has 0 radical (unpaired) electrons. The van der Waals surface area contributed by atoms with Crippen LogP contribution in [0.4, 0.5) is 20.5 Å². The average Bonchev–Trinajstić information content (AvgIpc) is 3.28. The van der Waals surface area contributed by atoms with E-state index < -0.39 is 23.0 Å². The second-order valence-electron chi connectivity index (χ2n) is 10.5. The van der Waals surface area contributed by atoms with Crippen molar-refractivity contribution in [2.75, 3.05) is 25.1 Å². The van der Waals surface area contributed by atoms with Gasteiger partial charge >= 0.3 is 5.97 Å². The van der Waals surface area contributed by atoms with Gasteiger partial charge in [0.2, 0.25) is 5.95 Å². The van der Waals surface area contributed by atoms with Gasteiger partial charge in [0.15, 0.2) is 11.6 Å². The summed E-state index contributed by atoms with van der Waals surface area (Å²) in [5.74, 6) is -1.66. The van der Waals surface area contributed by atoms with Crippen LogP contribution in [0.3, 0.4) is 0 Å². The number of likely N-dealkylation sites (tertiary alicyclic amines) is 1. The molecule has 39 heavy (non-hydrogen) atoms. The summed E-state index contributed by atoms with van der Waals surface area (Å²) in [6.45, 7) is 5.21. The van der Waals surface area contributed by atoms with E-state index in [9.17, 15) is 14.3 Å². The molecule has 0 bridgehead atoms. The number of ether oxygens (including phenoxy) is 1. The minimum absolute atomic E-state index is 0.0493. The molecule has 208 valence electrons. The lowest BCUT2D eigenvalue weighted by Gasteiger charge is -2.44. The molecule has 3 aromatic rings. The van der Waals surface area contributed by atoms with Gasteiger partial charge in [-0.05, 0) is 38.8 Å². The maximum absolute atomic E-state index is 15.8. The van der Waals surface area contributed by atoms with Crippen molar-refractivity contribution in [3.8, 4) is 0 Å². The smallest absolute Gasteiger partial charge is 0.310 e. The first-order valence-corrected chi connectivity index (χ1v) is 13.4. The van der Waals surface area contributed by atoms with Gasteiger partial charge < -0.3 is 15.2 Å². The van der Waals surface area contributed by atoms with E-state index in [-0.39, 0.29) is 53.6 Å². The van der Waals surface area contributed by atoms with Crippen LogP contribution in [0.15, 0.2) is 24.3 Å². The van der Waals surface area contributed by atoms with Crippen molar-refractivity contribution in [2.24, 2.45) is 5.41 Å². The van der Waals surface area contributed by atoms with Crippen LogP contribution in [-0.4, -0.2) is 61.9 Å². The van der Waals surface area contributed by atoms with Gasteiger partial charge in [-0.25, -0.2) is 18.7 Å². The first-order valence-electron chi connectivity index (χ1n) is 13.0. The number of halogens is 3. The fourth-order valence-electron chi connectivity index (χ4n) is 5.42. The number of nitrogens with zero attached hydrogens (tertiary/aromatic N) is 4. The summed E-state index contributed by atoms with van der Waals surface area (Å²) in [7, 11) is 0. The van der Waals surface area contributed by atoms with Crippen LogP contribution in [-0.2, 0) is 22.5 Å². The van der Waals surface area contributed by atoms with E-state index in [0.717, 1.165) is 5.69 Å². The number of aryl methyl sites for hydroxylation is 1. The summed E-state index contributed by atoms with van der Waals surface area (Å²) < 4.78 is 35.7. The van der Waals surface area contributed by atoms with Crippen molar-refractivity contribution in [3.63, 3.8) is 0 Å². The van der Waals surface area contributed by atoms with Crippen LogP contribution >= 0.6 is 11.6 Å². The summed E-state index contributed by atoms with van der Waals surface area (Å²) in [4.78, 5) is 23.7. The van der Waals surface area contributed by atoms with Crippen LogP contribution in [0, 0.1) is 24.0 Å². The predicted octanol–water partition coefficient (Wildman–Crippen LogP) is 4.99. The van der Waals surface area contributed by atoms with Gasteiger partial charge in [-0.2, -0.15) is 5.10 Å². The standard InChI is InChI=1S/C27H31ClF2N6O3/c1-3-18-10-27(25(37)38,7-8-36(18)12-16-5-4-6-19(28)22(16)29)11-20-23(30)24(17-13-39-14-17)33-26(31-20)32-21-9-15(2)34-35-21/h4-6,9,17-18H,3,7-8,10-14H2,1-2H3,(H,37,38)(H2,31,32,33,34,35)/t18-,27-/m1/s1. The van der Waals surface area contributed by atoms with Crippen LogP contribution in [0.5, 0.6) is 0 Å². The van der Waals surface area contributed by atoms with E-state index in [0.29, 0.717) is 44.1 Å². The van der Waals surface area contributed by atoms with Crippen molar-refractivity contribution in [3.05, 3.63) is 63.6 Å². The lowest BCUT2D eigenvalue weighted by Crippen LogP contribution is -2.50. The third-order valence-corrected chi connectivity index (χ3v) is 8.06. The van der Waals surface area contributed by atoms with Gasteiger partial charge in [0.05, 0.1) is 41.0 Å². The number of H-pyrrole nitrogens is 1. The van der Waals surface area contributed by atoms with E-state index in [1.807, 2.05) is 13.8 Å². The Morgan fingerprint density at radius 1 is 1.31 bits per heavy atom. The number of aromatic amines is 1. The lowest BCUT2D eigenvalue weighted by molar-refractivity contribution is -0.154. The second kappa shape index (κ2) is 11.1. The van der Waals surface area contributed by atoms with Gasteiger partial charge in [-0.3, -0.25) is 14.8 Å². The molecule has 1 aromatic carbocycles. The quantitative estimate of drug-likeness (QED) is 0.335. The largest absolute Gasteiger partial charge is 0.481 e. The Kier molecular flexibility index (Phi) is 7.84. The maximum atomic E-state index is 15.8. The fourth-order valence-corrected chi connectivity index (χ4v) is 5.61. The van der Waals surface area contributed by atoms with Crippen molar-refractivity contribution in [1.82, 2.24) is 25.1 Å². The molecule has 0 aliphatic carbocycles. The number of benzene rings is 1. The molecule has 0 amide bonds. The minimum atomic E-state index is -1.24. The highest BCUT2D eigenvalue weighted by atomic mass is 35.5. The number of aliphatic carboxylic acids is 1. The normalized spacial score (nSPS) is 22.0. The Balaban J connectivity index is 1.43. The SMILES string of the molecule is CC[C@@H]1C[C@](Cc2nc(Nc3cc(C)[nH]n3)nc(C3COC3)c2F)(C(=O)O)CCN1Cc1cccc(Cl)c1F. The van der Waals surface area contributed by atoms with Gasteiger partial charge in [0, 0.05) is 36.3 Å². The number of carbonyl (C=O) groups is 1. The Morgan fingerprint density at radius 2 is 2.10 bits per heavy atom. The van der Waals surface area contributed by atoms with Crippen LogP contribution in [0.2, 0.25) is 5.02 Å². The van der Waals surface area contributed by atoms with E-state index in [1.54, 1.807) is 18.2 Å². The first kappa shape index (κ1) is 27.4. The Labute approximate surface area is 229 Å². The number of carboxylic acid groups (broad SMARTS) is 1. The van der Waals surface area contributed by atoms with E-state index in [4.69, 9.17) is 16.3 Å². The zero-order valence-electron chi connectivity index (χ0n) is 21.8. The molecule has 4 heterocycles. The Hall–Kier alpha value is -3.15. The van der Waals surface area contributed by atoms with Gasteiger partial charge in [-0.15, -0.1) is 0 Å². The highest BCUT2D eigenvalue weighted by Crippen LogP contribution is 2.41. The third-order valence-electron chi connectivity index (χ3n) is 7.77. The summed E-state index contributed by atoms with van der Waals surface area (Å²) >= 11 is 5.97. The molecule has 2 saturated heterocycles. The number of carboxylic acids is 1. The third kappa shape index (κ3) is 5.61. The fraction of sp³-hybridized carbons (Fsp3) is 0.481. The zero-order chi connectivity index (χ0) is 27.7. The number of nitrogens with one attached hydrogen (secondary N) is 2. The lowest BCUT2D eigenvalue weighted by atomic mass is 9.71. The van der Waals surface area contributed by atoms with Crippen molar-refractivity contribution in [1.29, 1.82) is 0 Å². The summed E-state index contributed by atoms with van der Waals surface area (Å²) in [5, 5.41) is 20.5. The van der Waals surface area contributed by atoms with Crippen molar-refractivity contribution in [2.45, 2.75) is 58.0 Å². The molecule has 2 aromatic heterocycles. The van der Waals surface area contributed by atoms with Crippen LogP contribution < -0.4 is 5.32 Å². The molecule has 2 fully saturated rings. The molecule has 9 nitrogen and oxygen atoms in total. The second-order valence-corrected chi connectivity index (χ2v) is 10.9. The summed E-state index contributed by atoms with van der Waals surface area (Å²) in [6, 6.07) is 6.50. The highest BCUT2D eigenvalue weighted by Gasteiger charge is 2.46. The Morgan fingerprint density at radius 3 is 2.74 bits per heavy atom. The Bertz CT molecular complexity index is 1370. The summed E-state index contributed by atoms with van der Waals surface area (Å²) in [5.41, 5.74) is 0.303. The maximum Gasteiger partial charge on any atom is 0.310 e. The molecule has 3 N–H and O–H groups in total. The van der Waals surface area contributed by atoms with Crippen LogP contribution in [0.25, 0.3) is 0 Å². The van der Waals surface area contributed by atoms with Crippen molar-refractivity contribution < 1.29 is 23.4 Å². The van der Waals surface area contributed by atoms with Crippen LogP contribution in [0.1, 0.15) is 54.7 Å². The van der Waals surface area contributed by atoms with Gasteiger partial charge in [0.25, 0.3) is 0 Å². The zero-order valence-corrected chi connectivity index (χ0v) is 22.6. The van der Waals surface area contributed by atoms with E-state index in [2.05, 4.69) is 30.4 Å². The molecule has 0 saturated carbocycles. The van der Waals surface area contributed by atoms with E-state index >= 15 is 4.39 Å². The average molecular weight is 561 g/mol. The number of hydrogen-bond donors (Lipinski definition) is 3. The van der Waals surface area contributed by atoms with Gasteiger partial charge in [-0.1, -0.05) is 30.7 Å². The number of anilines is 2. The molecule has 12 heteroatoms. The number of aromatic nitrogens is 4. The van der Waals surface area contributed by atoms with Crippen molar-refractivity contribution >= 4 is 29.3 Å². The molecular formula is C27H31ClF2N6O3. The molecule has 2 aliphatic rings. The molecule has 2 atom stereocenters. The molecule has 0 spiro atoms. The number of rotatable bonds is 9. The molecule has 0 unspecified atom stereocenters. The number of piperidine rings is 1. The highest BCUT2D eigenvalue weighted by molar-refractivity contribution is 6.30. The molecule has 2 aliphatic heterocycles. The van der Waals surface area contributed by atoms with Gasteiger partial charge in [0.1, 0.15) is 5.82 Å². The minimum Gasteiger partial charge on any atom is -0.481 e. The summed E-state index contributed by atoms with van der Waals surface area (Å²) in [6.07, 6.45) is 1.09. The molecule has 5 rings (SSSR count). The first-order chi connectivity index (χ1) is 18.7. The van der Waals surface area contributed by atoms with E-state index in [1.165, 1.54) is 6.07 Å². The topological polar surface area (TPSA) is 116 Å². The monoisotopic (exact) mass is 560 g/mol.